The molecule has 0 aliphatic rings. The summed E-state index contributed by atoms with van der Waals surface area (Å²) in [5.41, 5.74) is 4.21. The van der Waals surface area contributed by atoms with E-state index in [9.17, 15) is 13.2 Å². The SMILES string of the molecule is Cc1ccccc1CSCCCNC(=O)CN(c1ccc(C(C)(C)C)cc1)S(C)(=O)=O. The lowest BCUT2D eigenvalue weighted by atomic mass is 9.87. The monoisotopic (exact) mass is 462 g/mol. The third-order valence-electron chi connectivity index (χ3n) is 5.02. The van der Waals surface area contributed by atoms with E-state index in [1.807, 2.05) is 36.0 Å². The second-order valence-electron chi connectivity index (χ2n) is 8.75. The van der Waals surface area contributed by atoms with Gasteiger partial charge >= 0.3 is 0 Å². The fraction of sp³-hybridized carbons (Fsp3) is 0.458. The van der Waals surface area contributed by atoms with Gasteiger partial charge in [0.15, 0.2) is 0 Å². The molecule has 5 nitrogen and oxygen atoms in total. The van der Waals surface area contributed by atoms with Crippen LogP contribution < -0.4 is 9.62 Å². The predicted octanol–water partition coefficient (Wildman–Crippen LogP) is 4.50. The molecule has 0 saturated carbocycles. The van der Waals surface area contributed by atoms with Crippen molar-refractivity contribution in [2.45, 2.75) is 45.3 Å². The average molecular weight is 463 g/mol. The molecular weight excluding hydrogens is 428 g/mol. The van der Waals surface area contributed by atoms with E-state index in [0.717, 1.165) is 34.1 Å². The quantitative estimate of drug-likeness (QED) is 0.528. The van der Waals surface area contributed by atoms with Crippen LogP contribution in [0.1, 0.15) is 43.9 Å². The number of anilines is 1. The molecule has 0 heterocycles. The highest BCUT2D eigenvalue weighted by Crippen LogP contribution is 2.25. The maximum absolute atomic E-state index is 12.4. The molecule has 0 unspecified atom stereocenters. The van der Waals surface area contributed by atoms with Crippen LogP contribution in [0.2, 0.25) is 0 Å². The van der Waals surface area contributed by atoms with Crippen molar-refractivity contribution in [2.75, 3.05) is 29.4 Å². The molecule has 0 radical (unpaired) electrons. The van der Waals surface area contributed by atoms with Gasteiger partial charge in [-0.3, -0.25) is 9.10 Å². The van der Waals surface area contributed by atoms with E-state index >= 15 is 0 Å². The van der Waals surface area contributed by atoms with Gasteiger partial charge in [0.1, 0.15) is 6.54 Å². The van der Waals surface area contributed by atoms with E-state index in [2.05, 4.69) is 45.1 Å². The lowest BCUT2D eigenvalue weighted by Gasteiger charge is -2.24. The Bertz CT molecular complexity index is 965. The number of carbonyl (C=O) groups is 1. The van der Waals surface area contributed by atoms with Crippen LogP contribution in [0, 0.1) is 6.92 Å². The van der Waals surface area contributed by atoms with Crippen LogP contribution in [0.25, 0.3) is 0 Å². The van der Waals surface area contributed by atoms with Crippen LogP contribution in [0.4, 0.5) is 5.69 Å². The number of thioether (sulfide) groups is 1. The van der Waals surface area contributed by atoms with Crippen molar-refractivity contribution in [3.05, 3.63) is 65.2 Å². The lowest BCUT2D eigenvalue weighted by molar-refractivity contribution is -0.119. The zero-order valence-corrected chi connectivity index (χ0v) is 20.8. The molecule has 0 atom stereocenters. The Hall–Kier alpha value is -1.99. The lowest BCUT2D eigenvalue weighted by Crippen LogP contribution is -2.40. The standard InChI is InChI=1S/C24H34N2O3S2/c1-19-9-6-7-10-20(19)18-30-16-8-15-25-23(27)17-26(31(5,28)29)22-13-11-21(12-14-22)24(2,3)4/h6-7,9-14H,8,15-18H2,1-5H3,(H,25,27). The van der Waals surface area contributed by atoms with Crippen molar-refractivity contribution >= 4 is 33.4 Å². The van der Waals surface area contributed by atoms with Crippen molar-refractivity contribution in [3.8, 4) is 0 Å². The highest BCUT2D eigenvalue weighted by Gasteiger charge is 2.21. The minimum atomic E-state index is -3.57. The van der Waals surface area contributed by atoms with Gasteiger partial charge in [-0.1, -0.05) is 57.2 Å². The fourth-order valence-corrected chi connectivity index (χ4v) is 4.96. The molecule has 0 aromatic heterocycles. The molecule has 0 aliphatic heterocycles. The molecule has 2 rings (SSSR count). The third-order valence-corrected chi connectivity index (χ3v) is 7.25. The smallest absolute Gasteiger partial charge is 0.240 e. The van der Waals surface area contributed by atoms with E-state index in [1.165, 1.54) is 11.1 Å². The average Bonchev–Trinajstić information content (AvgIpc) is 2.68. The molecule has 1 N–H and O–H groups in total. The van der Waals surface area contributed by atoms with E-state index in [1.54, 1.807) is 12.1 Å². The number of hydrogen-bond donors (Lipinski definition) is 1. The van der Waals surface area contributed by atoms with Crippen LogP contribution in [-0.4, -0.2) is 39.4 Å². The first-order valence-corrected chi connectivity index (χ1v) is 13.5. The van der Waals surface area contributed by atoms with Gasteiger partial charge in [0, 0.05) is 12.3 Å². The predicted molar refractivity (Wildman–Crippen MR) is 132 cm³/mol. The summed E-state index contributed by atoms with van der Waals surface area (Å²) in [6, 6.07) is 15.7. The van der Waals surface area contributed by atoms with Gasteiger partial charge in [-0.05, 0) is 53.3 Å². The number of amides is 1. The topological polar surface area (TPSA) is 66.5 Å². The summed E-state index contributed by atoms with van der Waals surface area (Å²) in [5.74, 6) is 1.58. The number of carbonyl (C=O) groups excluding carboxylic acids is 1. The van der Waals surface area contributed by atoms with Gasteiger partial charge < -0.3 is 5.32 Å². The van der Waals surface area contributed by atoms with Gasteiger partial charge in [0.2, 0.25) is 15.9 Å². The maximum atomic E-state index is 12.4. The molecule has 2 aromatic carbocycles. The van der Waals surface area contributed by atoms with Gasteiger partial charge in [0.05, 0.1) is 11.9 Å². The molecule has 0 saturated heterocycles. The Balaban J connectivity index is 1.83. The minimum absolute atomic E-state index is 0.0248. The Labute approximate surface area is 191 Å². The van der Waals surface area contributed by atoms with Crippen LogP contribution >= 0.6 is 11.8 Å². The fourth-order valence-electron chi connectivity index (χ4n) is 3.07. The number of sulfonamides is 1. The van der Waals surface area contributed by atoms with Crippen molar-refractivity contribution in [3.63, 3.8) is 0 Å². The molecule has 0 bridgehead atoms. The Morgan fingerprint density at radius 3 is 2.29 bits per heavy atom. The number of rotatable bonds is 10. The van der Waals surface area contributed by atoms with Crippen LogP contribution in [-0.2, 0) is 26.0 Å². The molecule has 31 heavy (non-hydrogen) atoms. The van der Waals surface area contributed by atoms with Crippen molar-refractivity contribution in [1.29, 1.82) is 0 Å². The summed E-state index contributed by atoms with van der Waals surface area (Å²) in [6.45, 7) is 8.72. The van der Waals surface area contributed by atoms with E-state index in [0.29, 0.717) is 12.2 Å². The molecule has 0 fully saturated rings. The van der Waals surface area contributed by atoms with Crippen molar-refractivity contribution < 1.29 is 13.2 Å². The Kier molecular flexibility index (Phi) is 9.01. The van der Waals surface area contributed by atoms with E-state index in [-0.39, 0.29) is 17.9 Å². The maximum Gasteiger partial charge on any atom is 0.240 e. The van der Waals surface area contributed by atoms with Gasteiger partial charge in [-0.15, -0.1) is 0 Å². The summed E-state index contributed by atoms with van der Waals surface area (Å²) < 4.78 is 25.7. The summed E-state index contributed by atoms with van der Waals surface area (Å²) in [7, 11) is -3.57. The number of nitrogens with one attached hydrogen (secondary N) is 1. The van der Waals surface area contributed by atoms with E-state index in [4.69, 9.17) is 0 Å². The molecule has 170 valence electrons. The largest absolute Gasteiger partial charge is 0.354 e. The second-order valence-corrected chi connectivity index (χ2v) is 11.8. The number of benzene rings is 2. The first kappa shape index (κ1) is 25.3. The second kappa shape index (κ2) is 11.0. The molecule has 7 heteroatoms. The van der Waals surface area contributed by atoms with Crippen molar-refractivity contribution in [2.24, 2.45) is 0 Å². The number of hydrogen-bond acceptors (Lipinski definition) is 4. The molecular formula is C24H34N2O3S2. The normalized spacial score (nSPS) is 11.9. The Morgan fingerprint density at radius 1 is 1.06 bits per heavy atom. The van der Waals surface area contributed by atoms with Crippen LogP contribution in [0.3, 0.4) is 0 Å². The highest BCUT2D eigenvalue weighted by atomic mass is 32.2. The Morgan fingerprint density at radius 2 is 1.71 bits per heavy atom. The third kappa shape index (κ3) is 8.22. The highest BCUT2D eigenvalue weighted by molar-refractivity contribution is 7.98. The summed E-state index contributed by atoms with van der Waals surface area (Å²) >= 11 is 1.83. The van der Waals surface area contributed by atoms with Crippen LogP contribution in [0.15, 0.2) is 48.5 Å². The number of aryl methyl sites for hydroxylation is 1. The molecule has 1 amide bonds. The summed E-state index contributed by atoms with van der Waals surface area (Å²) in [4.78, 5) is 12.4. The number of nitrogens with zero attached hydrogens (tertiary/aromatic N) is 1. The first-order chi connectivity index (χ1) is 14.5. The van der Waals surface area contributed by atoms with Crippen molar-refractivity contribution in [1.82, 2.24) is 5.32 Å². The van der Waals surface area contributed by atoms with Gasteiger partial charge in [-0.25, -0.2) is 8.42 Å². The molecule has 0 aliphatic carbocycles. The summed E-state index contributed by atoms with van der Waals surface area (Å²) in [5, 5.41) is 2.84. The summed E-state index contributed by atoms with van der Waals surface area (Å²) in [6.07, 6.45) is 1.96. The minimum Gasteiger partial charge on any atom is -0.354 e. The zero-order chi connectivity index (χ0) is 23.1. The van der Waals surface area contributed by atoms with Gasteiger partial charge in [0.25, 0.3) is 0 Å². The van der Waals surface area contributed by atoms with E-state index < -0.39 is 10.0 Å². The van der Waals surface area contributed by atoms with Gasteiger partial charge in [-0.2, -0.15) is 11.8 Å². The van der Waals surface area contributed by atoms with Crippen LogP contribution in [0.5, 0.6) is 0 Å². The zero-order valence-electron chi connectivity index (χ0n) is 19.1. The first-order valence-electron chi connectivity index (χ1n) is 10.5. The molecule has 2 aromatic rings. The molecule has 0 spiro atoms.